The molecule has 1 heterocycles. The standard InChI is InChI=1S/C25H18BrClINO4/c1-14-8-17(6-7-20(14)28)24-29-21(25(30)33-24)11-16-10-19(26)23(22(12-16)31-2)32-13-15-4-3-5-18(27)9-15/h3-12H,13H2,1-2H3/b21-11-. The Morgan fingerprint density at radius 2 is 2.00 bits per heavy atom. The lowest BCUT2D eigenvalue weighted by atomic mass is 10.1. The zero-order chi connectivity index (χ0) is 23.5. The Hall–Kier alpha value is -2.36. The molecule has 0 atom stereocenters. The summed E-state index contributed by atoms with van der Waals surface area (Å²) >= 11 is 11.8. The van der Waals surface area contributed by atoms with Gasteiger partial charge in [0.2, 0.25) is 5.90 Å². The Morgan fingerprint density at radius 1 is 1.18 bits per heavy atom. The van der Waals surface area contributed by atoms with Crippen molar-refractivity contribution in [3.8, 4) is 11.5 Å². The van der Waals surface area contributed by atoms with Gasteiger partial charge in [-0.1, -0.05) is 23.7 Å². The first-order chi connectivity index (χ1) is 15.8. The molecule has 1 aliphatic heterocycles. The molecule has 0 aromatic heterocycles. The molecule has 0 radical (unpaired) electrons. The van der Waals surface area contributed by atoms with Crippen molar-refractivity contribution in [3.63, 3.8) is 0 Å². The van der Waals surface area contributed by atoms with Crippen molar-refractivity contribution in [1.29, 1.82) is 0 Å². The highest BCUT2D eigenvalue weighted by Crippen LogP contribution is 2.38. The van der Waals surface area contributed by atoms with Gasteiger partial charge in [-0.2, -0.15) is 0 Å². The third-order valence-electron chi connectivity index (χ3n) is 4.85. The minimum absolute atomic E-state index is 0.211. The number of esters is 1. The molecule has 8 heteroatoms. The highest BCUT2D eigenvalue weighted by atomic mass is 127. The maximum absolute atomic E-state index is 12.4. The zero-order valence-corrected chi connectivity index (χ0v) is 22.2. The Kier molecular flexibility index (Phi) is 7.41. The van der Waals surface area contributed by atoms with Crippen LogP contribution in [0.25, 0.3) is 6.08 Å². The number of ether oxygens (including phenoxy) is 3. The van der Waals surface area contributed by atoms with E-state index in [9.17, 15) is 4.79 Å². The van der Waals surface area contributed by atoms with E-state index in [1.165, 1.54) is 0 Å². The van der Waals surface area contributed by atoms with Crippen molar-refractivity contribution in [2.24, 2.45) is 4.99 Å². The number of cyclic esters (lactones) is 1. The second-order valence-electron chi connectivity index (χ2n) is 7.25. The number of carbonyl (C=O) groups is 1. The molecule has 4 rings (SSSR count). The van der Waals surface area contributed by atoms with Crippen LogP contribution >= 0.6 is 50.1 Å². The minimum Gasteiger partial charge on any atom is -0.493 e. The van der Waals surface area contributed by atoms with Crippen molar-refractivity contribution >= 4 is 68.1 Å². The van der Waals surface area contributed by atoms with E-state index in [0.717, 1.165) is 20.3 Å². The van der Waals surface area contributed by atoms with Crippen LogP contribution in [0.5, 0.6) is 11.5 Å². The topological polar surface area (TPSA) is 57.1 Å². The molecule has 0 bridgehead atoms. The summed E-state index contributed by atoms with van der Waals surface area (Å²) in [6.07, 6.45) is 1.66. The molecule has 0 aliphatic carbocycles. The van der Waals surface area contributed by atoms with Crippen LogP contribution in [0.1, 0.15) is 22.3 Å². The van der Waals surface area contributed by atoms with E-state index in [2.05, 4.69) is 43.5 Å². The predicted octanol–water partition coefficient (Wildman–Crippen LogP) is 6.95. The van der Waals surface area contributed by atoms with Crippen molar-refractivity contribution in [2.75, 3.05) is 7.11 Å². The van der Waals surface area contributed by atoms with Gasteiger partial charge in [-0.3, -0.25) is 0 Å². The summed E-state index contributed by atoms with van der Waals surface area (Å²) in [5.74, 6) is 0.852. The summed E-state index contributed by atoms with van der Waals surface area (Å²) in [5, 5.41) is 0.646. The zero-order valence-electron chi connectivity index (χ0n) is 17.7. The first-order valence-electron chi connectivity index (χ1n) is 9.88. The summed E-state index contributed by atoms with van der Waals surface area (Å²) in [6.45, 7) is 2.32. The number of benzene rings is 3. The van der Waals surface area contributed by atoms with E-state index in [1.807, 2.05) is 55.5 Å². The lowest BCUT2D eigenvalue weighted by molar-refractivity contribution is -0.129. The molecule has 168 valence electrons. The molecule has 0 amide bonds. The maximum Gasteiger partial charge on any atom is 0.363 e. The average Bonchev–Trinajstić information content (AvgIpc) is 3.14. The van der Waals surface area contributed by atoms with Gasteiger partial charge >= 0.3 is 5.97 Å². The molecule has 0 saturated heterocycles. The number of aliphatic imine (C=N–C) groups is 1. The number of nitrogens with zero attached hydrogens (tertiary/aromatic N) is 1. The van der Waals surface area contributed by atoms with Crippen molar-refractivity contribution < 1.29 is 19.0 Å². The first-order valence-corrected chi connectivity index (χ1v) is 12.1. The smallest absolute Gasteiger partial charge is 0.363 e. The van der Waals surface area contributed by atoms with Crippen LogP contribution < -0.4 is 9.47 Å². The van der Waals surface area contributed by atoms with Crippen LogP contribution in [0.2, 0.25) is 5.02 Å². The maximum atomic E-state index is 12.4. The normalized spacial score (nSPS) is 14.3. The molecule has 1 aliphatic rings. The molecule has 0 spiro atoms. The number of hydrogen-bond donors (Lipinski definition) is 0. The van der Waals surface area contributed by atoms with Crippen LogP contribution in [0.4, 0.5) is 0 Å². The quantitative estimate of drug-likeness (QED) is 0.167. The minimum atomic E-state index is -0.502. The second-order valence-corrected chi connectivity index (χ2v) is 9.71. The molecule has 0 fully saturated rings. The summed E-state index contributed by atoms with van der Waals surface area (Å²) in [6, 6.07) is 16.9. The Bertz CT molecular complexity index is 1310. The molecule has 33 heavy (non-hydrogen) atoms. The fourth-order valence-corrected chi connectivity index (χ4v) is 4.34. The highest BCUT2D eigenvalue weighted by Gasteiger charge is 2.25. The molecule has 0 unspecified atom stereocenters. The largest absolute Gasteiger partial charge is 0.493 e. The van der Waals surface area contributed by atoms with E-state index in [4.69, 9.17) is 25.8 Å². The lowest BCUT2D eigenvalue weighted by Gasteiger charge is -2.14. The average molecular weight is 639 g/mol. The van der Waals surface area contributed by atoms with Gasteiger partial charge in [0.05, 0.1) is 11.6 Å². The molecule has 5 nitrogen and oxygen atoms in total. The van der Waals surface area contributed by atoms with Crippen molar-refractivity contribution in [2.45, 2.75) is 13.5 Å². The fraction of sp³-hybridized carbons (Fsp3) is 0.120. The summed E-state index contributed by atoms with van der Waals surface area (Å²) in [5.41, 5.74) is 3.70. The molecule has 3 aromatic carbocycles. The summed E-state index contributed by atoms with van der Waals surface area (Å²) in [4.78, 5) is 16.8. The van der Waals surface area contributed by atoms with Crippen molar-refractivity contribution in [3.05, 3.63) is 95.6 Å². The van der Waals surface area contributed by atoms with Gasteiger partial charge in [-0.15, -0.1) is 0 Å². The number of rotatable bonds is 6. The fourth-order valence-electron chi connectivity index (χ4n) is 3.21. The first kappa shape index (κ1) is 23.8. The SMILES string of the molecule is COc1cc(/C=C2\N=C(c3ccc(I)c(C)c3)OC2=O)cc(Br)c1OCc1cccc(Cl)c1. The van der Waals surface area contributed by atoms with Gasteiger partial charge in [0.15, 0.2) is 17.2 Å². The second kappa shape index (κ2) is 10.3. The summed E-state index contributed by atoms with van der Waals surface area (Å²) in [7, 11) is 1.56. The van der Waals surface area contributed by atoms with Crippen LogP contribution in [-0.4, -0.2) is 19.0 Å². The van der Waals surface area contributed by atoms with Gasteiger partial charge in [0.25, 0.3) is 0 Å². The van der Waals surface area contributed by atoms with Crippen LogP contribution in [0.3, 0.4) is 0 Å². The van der Waals surface area contributed by atoms with Gasteiger partial charge in [0.1, 0.15) is 6.61 Å². The number of aryl methyl sites for hydroxylation is 1. The third-order valence-corrected chi connectivity index (χ3v) is 6.89. The Balaban J connectivity index is 1.59. The van der Waals surface area contributed by atoms with Crippen molar-refractivity contribution in [1.82, 2.24) is 0 Å². The number of hydrogen-bond acceptors (Lipinski definition) is 5. The van der Waals surface area contributed by atoms with Crippen LogP contribution in [-0.2, 0) is 16.1 Å². The number of carbonyl (C=O) groups excluding carboxylic acids is 1. The van der Waals surface area contributed by atoms with E-state index in [0.29, 0.717) is 39.1 Å². The highest BCUT2D eigenvalue weighted by molar-refractivity contribution is 14.1. The Morgan fingerprint density at radius 3 is 2.73 bits per heavy atom. The van der Waals surface area contributed by atoms with Gasteiger partial charge < -0.3 is 14.2 Å². The summed E-state index contributed by atoms with van der Waals surface area (Å²) < 4.78 is 18.7. The number of halogens is 3. The van der Waals surface area contributed by atoms with E-state index < -0.39 is 5.97 Å². The van der Waals surface area contributed by atoms with Gasteiger partial charge in [0, 0.05) is 14.2 Å². The van der Waals surface area contributed by atoms with Gasteiger partial charge in [-0.05, 0) is 111 Å². The lowest BCUT2D eigenvalue weighted by Crippen LogP contribution is -2.05. The van der Waals surface area contributed by atoms with E-state index >= 15 is 0 Å². The monoisotopic (exact) mass is 637 g/mol. The third kappa shape index (κ3) is 5.59. The van der Waals surface area contributed by atoms with E-state index in [1.54, 1.807) is 19.3 Å². The molecule has 0 saturated carbocycles. The Labute approximate surface area is 218 Å². The number of methoxy groups -OCH3 is 1. The molecule has 3 aromatic rings. The molecular weight excluding hydrogens is 621 g/mol. The predicted molar refractivity (Wildman–Crippen MR) is 141 cm³/mol. The van der Waals surface area contributed by atoms with Gasteiger partial charge in [-0.25, -0.2) is 9.79 Å². The molecule has 0 N–H and O–H groups in total. The molecular formula is C25H18BrClINO4. The van der Waals surface area contributed by atoms with E-state index in [-0.39, 0.29) is 5.70 Å². The van der Waals surface area contributed by atoms with Crippen LogP contribution in [0.15, 0.2) is 69.8 Å². The van der Waals surface area contributed by atoms with Crippen LogP contribution in [0, 0.1) is 10.5 Å².